The zero-order valence-electron chi connectivity index (χ0n) is 14.2. The molecule has 0 heterocycles. The smallest absolute Gasteiger partial charge is 0.159 e. The molecule has 4 aliphatic carbocycles. The molecule has 2 N–H and O–H groups in total. The maximum absolute atomic E-state index is 12.3. The summed E-state index contributed by atoms with van der Waals surface area (Å²) in [5.74, 6) is 1.69. The summed E-state index contributed by atoms with van der Waals surface area (Å²) in [7, 11) is 0. The number of fused-ring (bicyclic) bond motifs is 5. The summed E-state index contributed by atoms with van der Waals surface area (Å²) in [6, 6.07) is 0. The molecule has 3 heteroatoms. The Hall–Kier alpha value is -0.930. The van der Waals surface area contributed by atoms with Crippen LogP contribution >= 0.6 is 0 Å². The van der Waals surface area contributed by atoms with Gasteiger partial charge in [-0.25, -0.2) is 0 Å². The number of hydrogen-bond donors (Lipinski definition) is 2. The minimum atomic E-state index is -0.621. The van der Waals surface area contributed by atoms with Crippen molar-refractivity contribution >= 4 is 5.78 Å². The van der Waals surface area contributed by atoms with E-state index in [-0.39, 0.29) is 16.6 Å². The first-order valence-corrected chi connectivity index (χ1v) is 9.05. The maximum atomic E-state index is 12.3. The van der Waals surface area contributed by atoms with Gasteiger partial charge in [-0.15, -0.1) is 0 Å². The molecule has 3 nitrogen and oxygen atoms in total. The van der Waals surface area contributed by atoms with E-state index in [1.54, 1.807) is 0 Å². The number of Topliss-reactive ketones (excluding diaryl/α,β-unsaturated/α-hetero) is 1. The van der Waals surface area contributed by atoms with Crippen LogP contribution in [0.1, 0.15) is 52.4 Å². The van der Waals surface area contributed by atoms with Gasteiger partial charge in [0.1, 0.15) is 0 Å². The summed E-state index contributed by atoms with van der Waals surface area (Å²) in [6.07, 6.45) is 6.13. The third kappa shape index (κ3) is 1.93. The molecule has 3 fully saturated rings. The Bertz CT molecular complexity index is 606. The normalized spacial score (nSPS) is 52.5. The fourth-order valence-corrected chi connectivity index (χ4v) is 6.40. The zero-order valence-corrected chi connectivity index (χ0v) is 14.2. The first-order chi connectivity index (χ1) is 10.8. The average Bonchev–Trinajstić information content (AvgIpc) is 2.73. The van der Waals surface area contributed by atoms with Gasteiger partial charge < -0.3 is 10.2 Å². The molecule has 0 aromatic rings. The molecule has 0 amide bonds. The number of carbonyl (C=O) groups is 1. The van der Waals surface area contributed by atoms with E-state index in [1.807, 2.05) is 0 Å². The number of hydrogen-bond acceptors (Lipinski definition) is 3. The quantitative estimate of drug-likeness (QED) is 0.533. The van der Waals surface area contributed by atoms with Gasteiger partial charge in [-0.2, -0.15) is 0 Å². The molecule has 0 bridgehead atoms. The number of allylic oxidation sites excluding steroid dienone is 2. The number of carbonyl (C=O) groups excluding carboxylic acids is 1. The van der Waals surface area contributed by atoms with Gasteiger partial charge in [0.05, 0.1) is 12.2 Å². The van der Waals surface area contributed by atoms with Crippen molar-refractivity contribution in [1.29, 1.82) is 0 Å². The topological polar surface area (TPSA) is 57.5 Å². The molecule has 0 spiro atoms. The Morgan fingerprint density at radius 1 is 1.13 bits per heavy atom. The Kier molecular flexibility index (Phi) is 3.25. The molecule has 0 unspecified atom stereocenters. The van der Waals surface area contributed by atoms with Gasteiger partial charge in [-0.3, -0.25) is 4.79 Å². The monoisotopic (exact) mass is 316 g/mol. The molecule has 7 atom stereocenters. The van der Waals surface area contributed by atoms with Gasteiger partial charge in [0.15, 0.2) is 5.78 Å². The van der Waals surface area contributed by atoms with Gasteiger partial charge >= 0.3 is 0 Å². The summed E-state index contributed by atoms with van der Waals surface area (Å²) in [4.78, 5) is 12.3. The highest BCUT2D eigenvalue weighted by molar-refractivity contribution is 5.99. The van der Waals surface area contributed by atoms with Crippen molar-refractivity contribution in [2.75, 3.05) is 0 Å². The first-order valence-electron chi connectivity index (χ1n) is 9.05. The van der Waals surface area contributed by atoms with Gasteiger partial charge in [-0.05, 0) is 66.3 Å². The van der Waals surface area contributed by atoms with Crippen LogP contribution in [0, 0.1) is 28.6 Å². The summed E-state index contributed by atoms with van der Waals surface area (Å²) >= 11 is 0. The van der Waals surface area contributed by atoms with Crippen LogP contribution < -0.4 is 0 Å². The molecule has 0 aromatic heterocycles. The second kappa shape index (κ2) is 4.80. The third-order valence-electron chi connectivity index (χ3n) is 7.95. The summed E-state index contributed by atoms with van der Waals surface area (Å²) < 4.78 is 0. The molecule has 4 rings (SSSR count). The van der Waals surface area contributed by atoms with E-state index >= 15 is 0 Å². The molecule has 23 heavy (non-hydrogen) atoms. The molecule has 0 saturated heterocycles. The molecule has 0 radical (unpaired) electrons. The molecular weight excluding hydrogens is 288 g/mol. The molecule has 126 valence electrons. The summed E-state index contributed by atoms with van der Waals surface area (Å²) in [5.41, 5.74) is 2.14. The van der Waals surface area contributed by atoms with Crippen molar-refractivity contribution in [3.8, 4) is 0 Å². The molecule has 4 aliphatic rings. The van der Waals surface area contributed by atoms with Crippen LogP contribution in [0.5, 0.6) is 0 Å². The van der Waals surface area contributed by atoms with Crippen LogP contribution in [-0.2, 0) is 4.79 Å². The highest BCUT2D eigenvalue weighted by Crippen LogP contribution is 2.65. The van der Waals surface area contributed by atoms with Crippen LogP contribution in [0.15, 0.2) is 23.8 Å². The van der Waals surface area contributed by atoms with E-state index in [0.717, 1.165) is 24.8 Å². The van der Waals surface area contributed by atoms with E-state index in [1.165, 1.54) is 5.57 Å². The van der Waals surface area contributed by atoms with Crippen LogP contribution in [-0.4, -0.2) is 28.2 Å². The number of aliphatic hydroxyl groups excluding tert-OH is 2. The Morgan fingerprint density at radius 3 is 2.61 bits per heavy atom. The standard InChI is InChI=1S/C20H28O3/c1-11-16(21)9-15-13-5-4-12-8-17(22)18(23)10-20(12,3)14(13)6-7-19(11,15)2/h4,13-15,17-18,22-23H,1,5-10H2,2-3H3/t13-,14+,15+,17-,18-,19-,20+/m1/s1. The number of ketones is 1. The lowest BCUT2D eigenvalue weighted by molar-refractivity contribution is -0.115. The molecule has 0 aromatic carbocycles. The van der Waals surface area contributed by atoms with Gasteiger partial charge in [-0.1, -0.05) is 32.1 Å². The van der Waals surface area contributed by atoms with Crippen LogP contribution in [0.3, 0.4) is 0 Å². The minimum absolute atomic E-state index is 0.0180. The lowest BCUT2D eigenvalue weighted by Crippen LogP contribution is -2.52. The van der Waals surface area contributed by atoms with E-state index in [9.17, 15) is 15.0 Å². The minimum Gasteiger partial charge on any atom is -0.390 e. The van der Waals surface area contributed by atoms with Gasteiger partial charge in [0.2, 0.25) is 0 Å². The van der Waals surface area contributed by atoms with Crippen molar-refractivity contribution in [1.82, 2.24) is 0 Å². The molecule has 3 saturated carbocycles. The van der Waals surface area contributed by atoms with Crippen LogP contribution in [0.25, 0.3) is 0 Å². The fraction of sp³-hybridized carbons (Fsp3) is 0.750. The SMILES string of the molecule is C=C1C(=O)C[C@H]2[C@@H]3CC=C4C[C@@H](O)[C@H](O)C[C@]4(C)[C@H]3CC[C@]12C. The Balaban J connectivity index is 1.71. The van der Waals surface area contributed by atoms with E-state index < -0.39 is 12.2 Å². The second-order valence-electron chi connectivity index (χ2n) is 8.86. The van der Waals surface area contributed by atoms with E-state index in [2.05, 4.69) is 26.5 Å². The number of aliphatic hydroxyl groups is 2. The average molecular weight is 316 g/mol. The first kappa shape index (κ1) is 15.6. The van der Waals surface area contributed by atoms with Crippen molar-refractivity contribution in [2.24, 2.45) is 28.6 Å². The van der Waals surface area contributed by atoms with Crippen LogP contribution in [0.2, 0.25) is 0 Å². The largest absolute Gasteiger partial charge is 0.390 e. The maximum Gasteiger partial charge on any atom is 0.159 e. The number of rotatable bonds is 0. The van der Waals surface area contributed by atoms with Crippen molar-refractivity contribution < 1.29 is 15.0 Å². The van der Waals surface area contributed by atoms with Crippen molar-refractivity contribution in [3.05, 3.63) is 23.8 Å². The molecule has 0 aliphatic heterocycles. The third-order valence-corrected chi connectivity index (χ3v) is 7.95. The zero-order chi connectivity index (χ0) is 16.6. The van der Waals surface area contributed by atoms with Crippen molar-refractivity contribution in [3.63, 3.8) is 0 Å². The summed E-state index contributed by atoms with van der Waals surface area (Å²) in [6.45, 7) is 8.63. The lowest BCUT2D eigenvalue weighted by atomic mass is 9.47. The highest BCUT2D eigenvalue weighted by atomic mass is 16.3. The fourth-order valence-electron chi connectivity index (χ4n) is 6.40. The lowest BCUT2D eigenvalue weighted by Gasteiger charge is -2.57. The van der Waals surface area contributed by atoms with E-state index in [4.69, 9.17) is 0 Å². The summed E-state index contributed by atoms with van der Waals surface area (Å²) in [5, 5.41) is 20.3. The molecular formula is C20H28O3. The predicted molar refractivity (Wildman–Crippen MR) is 88.6 cm³/mol. The van der Waals surface area contributed by atoms with Crippen LogP contribution in [0.4, 0.5) is 0 Å². The van der Waals surface area contributed by atoms with Crippen molar-refractivity contribution in [2.45, 2.75) is 64.6 Å². The second-order valence-corrected chi connectivity index (χ2v) is 8.86. The highest BCUT2D eigenvalue weighted by Gasteiger charge is 2.59. The Morgan fingerprint density at radius 2 is 1.87 bits per heavy atom. The Labute approximate surface area is 138 Å². The van der Waals surface area contributed by atoms with E-state index in [0.29, 0.717) is 37.0 Å². The predicted octanol–water partition coefficient (Wildman–Crippen LogP) is 3.02. The van der Waals surface area contributed by atoms with Gasteiger partial charge in [0, 0.05) is 6.42 Å². The van der Waals surface area contributed by atoms with Gasteiger partial charge in [0.25, 0.3) is 0 Å².